The zero-order valence-electron chi connectivity index (χ0n) is 16.7. The summed E-state index contributed by atoms with van der Waals surface area (Å²) in [6.07, 6.45) is 2.20. The predicted molar refractivity (Wildman–Crippen MR) is 114 cm³/mol. The van der Waals surface area contributed by atoms with Crippen molar-refractivity contribution in [1.82, 2.24) is 9.80 Å². The molecular weight excluding hydrogens is 390 g/mol. The highest BCUT2D eigenvalue weighted by atomic mass is 35.5. The van der Waals surface area contributed by atoms with Gasteiger partial charge in [-0.1, -0.05) is 29.8 Å². The van der Waals surface area contributed by atoms with E-state index in [4.69, 9.17) is 16.3 Å². The third-order valence-corrected chi connectivity index (χ3v) is 5.11. The van der Waals surface area contributed by atoms with Crippen molar-refractivity contribution >= 4 is 29.1 Å². The van der Waals surface area contributed by atoms with Gasteiger partial charge < -0.3 is 15.0 Å². The van der Waals surface area contributed by atoms with Crippen LogP contribution in [0.4, 0.5) is 5.69 Å². The van der Waals surface area contributed by atoms with Crippen LogP contribution in [0.2, 0.25) is 5.02 Å². The second-order valence-corrected chi connectivity index (χ2v) is 7.73. The maximum absolute atomic E-state index is 12.7. The molecule has 0 saturated heterocycles. The highest BCUT2D eigenvalue weighted by molar-refractivity contribution is 6.30. The van der Waals surface area contributed by atoms with Gasteiger partial charge in [0.25, 0.3) is 0 Å². The smallest absolute Gasteiger partial charge is 0.243 e. The SMILES string of the molecule is COc1cccc(NC(=O)CN(C)C(=O)CN(Cc2ccc(Cl)cc2)C2CC2)c1. The van der Waals surface area contributed by atoms with Crippen LogP contribution in [0.15, 0.2) is 48.5 Å². The van der Waals surface area contributed by atoms with Crippen molar-refractivity contribution in [2.75, 3.05) is 32.6 Å². The molecule has 1 saturated carbocycles. The molecule has 29 heavy (non-hydrogen) atoms. The van der Waals surface area contributed by atoms with E-state index in [2.05, 4.69) is 10.2 Å². The minimum atomic E-state index is -0.246. The summed E-state index contributed by atoms with van der Waals surface area (Å²) in [6.45, 7) is 0.975. The standard InChI is InChI=1S/C22H26ClN3O3/c1-25(14-21(27)24-18-4-3-5-20(12-18)29-2)22(28)15-26(19-10-11-19)13-16-6-8-17(23)9-7-16/h3-9,12,19H,10-11,13-15H2,1-2H3,(H,24,27). The maximum atomic E-state index is 12.7. The Balaban J connectivity index is 1.52. The topological polar surface area (TPSA) is 61.9 Å². The molecule has 0 spiro atoms. The first-order chi connectivity index (χ1) is 13.9. The molecule has 0 heterocycles. The molecule has 2 aromatic rings. The quantitative estimate of drug-likeness (QED) is 0.681. The molecule has 154 valence electrons. The van der Waals surface area contributed by atoms with Gasteiger partial charge in [0.05, 0.1) is 20.2 Å². The number of rotatable bonds is 9. The van der Waals surface area contributed by atoms with Crippen LogP contribution in [-0.2, 0) is 16.1 Å². The van der Waals surface area contributed by atoms with E-state index in [9.17, 15) is 9.59 Å². The molecule has 0 aliphatic heterocycles. The number of hydrogen-bond donors (Lipinski definition) is 1. The van der Waals surface area contributed by atoms with Gasteiger partial charge in [-0.25, -0.2) is 0 Å². The Bertz CT molecular complexity index is 853. The van der Waals surface area contributed by atoms with Crippen LogP contribution in [0.3, 0.4) is 0 Å². The van der Waals surface area contributed by atoms with Gasteiger partial charge in [0, 0.05) is 36.4 Å². The molecule has 1 N–H and O–H groups in total. The number of carbonyl (C=O) groups is 2. The van der Waals surface area contributed by atoms with Gasteiger partial charge in [-0.05, 0) is 42.7 Å². The Morgan fingerprint density at radius 1 is 1.14 bits per heavy atom. The number of hydrogen-bond acceptors (Lipinski definition) is 4. The first-order valence-electron chi connectivity index (χ1n) is 9.61. The highest BCUT2D eigenvalue weighted by Crippen LogP contribution is 2.28. The fourth-order valence-electron chi connectivity index (χ4n) is 3.08. The van der Waals surface area contributed by atoms with Gasteiger partial charge in [0.1, 0.15) is 5.75 Å². The molecule has 6 nitrogen and oxygen atoms in total. The third kappa shape index (κ3) is 6.48. The van der Waals surface area contributed by atoms with Crippen molar-refractivity contribution in [3.8, 4) is 5.75 Å². The molecular formula is C22H26ClN3O3. The van der Waals surface area contributed by atoms with E-state index < -0.39 is 0 Å². The molecule has 1 aliphatic carbocycles. The number of nitrogens with zero attached hydrogens (tertiary/aromatic N) is 2. The molecule has 2 amide bonds. The lowest BCUT2D eigenvalue weighted by atomic mass is 10.2. The minimum absolute atomic E-state index is 0.00447. The molecule has 3 rings (SSSR count). The molecule has 7 heteroatoms. The molecule has 0 aromatic heterocycles. The van der Waals surface area contributed by atoms with E-state index >= 15 is 0 Å². The number of nitrogens with one attached hydrogen (secondary N) is 1. The lowest BCUT2D eigenvalue weighted by Crippen LogP contribution is -2.42. The van der Waals surface area contributed by atoms with E-state index in [1.165, 1.54) is 4.90 Å². The number of likely N-dealkylation sites (N-methyl/N-ethyl adjacent to an activating group) is 1. The second kappa shape index (κ2) is 9.76. The number of ether oxygens (including phenoxy) is 1. The highest BCUT2D eigenvalue weighted by Gasteiger charge is 2.31. The first-order valence-corrected chi connectivity index (χ1v) is 9.99. The fraction of sp³-hybridized carbons (Fsp3) is 0.364. The van der Waals surface area contributed by atoms with Gasteiger partial charge in [-0.2, -0.15) is 0 Å². The molecule has 2 aromatic carbocycles. The van der Waals surface area contributed by atoms with E-state index in [0.29, 0.717) is 29.0 Å². The normalized spacial score (nSPS) is 13.2. The van der Waals surface area contributed by atoms with Crippen molar-refractivity contribution in [1.29, 1.82) is 0 Å². The van der Waals surface area contributed by atoms with Crippen LogP contribution >= 0.6 is 11.6 Å². The molecule has 0 radical (unpaired) electrons. The van der Waals surface area contributed by atoms with Crippen molar-refractivity contribution in [3.05, 3.63) is 59.1 Å². The van der Waals surface area contributed by atoms with Gasteiger partial charge >= 0.3 is 0 Å². The zero-order valence-corrected chi connectivity index (χ0v) is 17.5. The average molecular weight is 416 g/mol. The maximum Gasteiger partial charge on any atom is 0.243 e. The van der Waals surface area contributed by atoms with Gasteiger partial charge in [0.2, 0.25) is 11.8 Å². The summed E-state index contributed by atoms with van der Waals surface area (Å²) in [5, 5.41) is 3.50. The molecule has 1 aliphatic rings. The minimum Gasteiger partial charge on any atom is -0.497 e. The summed E-state index contributed by atoms with van der Waals surface area (Å²) in [5.41, 5.74) is 1.75. The Morgan fingerprint density at radius 3 is 2.52 bits per heavy atom. The summed E-state index contributed by atoms with van der Waals surface area (Å²) >= 11 is 5.95. The van der Waals surface area contributed by atoms with Crippen LogP contribution in [0.5, 0.6) is 5.75 Å². The Labute approximate surface area is 176 Å². The lowest BCUT2D eigenvalue weighted by Gasteiger charge is -2.25. The number of amides is 2. The van der Waals surface area contributed by atoms with Crippen molar-refractivity contribution in [3.63, 3.8) is 0 Å². The third-order valence-electron chi connectivity index (χ3n) is 4.86. The van der Waals surface area contributed by atoms with Crippen LogP contribution in [0.25, 0.3) is 0 Å². The second-order valence-electron chi connectivity index (χ2n) is 7.29. The molecule has 0 atom stereocenters. The summed E-state index contributed by atoms with van der Waals surface area (Å²) < 4.78 is 5.15. The number of carbonyl (C=O) groups excluding carboxylic acids is 2. The van der Waals surface area contributed by atoms with Crippen LogP contribution in [0.1, 0.15) is 18.4 Å². The fourth-order valence-corrected chi connectivity index (χ4v) is 3.20. The summed E-state index contributed by atoms with van der Waals surface area (Å²) in [7, 11) is 3.23. The van der Waals surface area contributed by atoms with Crippen molar-refractivity contribution in [2.24, 2.45) is 0 Å². The van der Waals surface area contributed by atoms with E-state index in [0.717, 1.165) is 18.4 Å². The number of methoxy groups -OCH3 is 1. The molecule has 0 unspecified atom stereocenters. The van der Waals surface area contributed by atoms with Gasteiger partial charge in [0.15, 0.2) is 0 Å². The largest absolute Gasteiger partial charge is 0.497 e. The average Bonchev–Trinajstić information content (AvgIpc) is 3.54. The predicted octanol–water partition coefficient (Wildman–Crippen LogP) is 3.41. The van der Waals surface area contributed by atoms with E-state index in [1.54, 1.807) is 38.4 Å². The van der Waals surface area contributed by atoms with Crippen LogP contribution in [-0.4, -0.2) is 54.9 Å². The monoisotopic (exact) mass is 415 g/mol. The van der Waals surface area contributed by atoms with E-state index in [-0.39, 0.29) is 24.9 Å². The number of anilines is 1. The Kier molecular flexibility index (Phi) is 7.12. The van der Waals surface area contributed by atoms with E-state index in [1.807, 2.05) is 24.3 Å². The van der Waals surface area contributed by atoms with Crippen molar-refractivity contribution in [2.45, 2.75) is 25.4 Å². The molecule has 1 fully saturated rings. The van der Waals surface area contributed by atoms with Crippen LogP contribution in [0, 0.1) is 0 Å². The van der Waals surface area contributed by atoms with Crippen LogP contribution < -0.4 is 10.1 Å². The van der Waals surface area contributed by atoms with Crippen molar-refractivity contribution < 1.29 is 14.3 Å². The first kappa shape index (κ1) is 21.1. The van der Waals surface area contributed by atoms with Gasteiger partial charge in [-0.3, -0.25) is 14.5 Å². The Morgan fingerprint density at radius 2 is 1.86 bits per heavy atom. The summed E-state index contributed by atoms with van der Waals surface area (Å²) in [5.74, 6) is 0.339. The zero-order chi connectivity index (χ0) is 20.8. The summed E-state index contributed by atoms with van der Waals surface area (Å²) in [6, 6.07) is 15.2. The number of benzene rings is 2. The Hall–Kier alpha value is -2.57. The summed E-state index contributed by atoms with van der Waals surface area (Å²) in [4.78, 5) is 28.6. The lowest BCUT2D eigenvalue weighted by molar-refractivity contribution is -0.134. The molecule has 0 bridgehead atoms. The van der Waals surface area contributed by atoms with Gasteiger partial charge in [-0.15, -0.1) is 0 Å². The number of halogens is 1.